The van der Waals surface area contributed by atoms with Gasteiger partial charge < -0.3 is 4.74 Å². The lowest BCUT2D eigenvalue weighted by Crippen LogP contribution is -2.22. The Morgan fingerprint density at radius 1 is 1.50 bits per heavy atom. The zero-order valence-corrected chi connectivity index (χ0v) is 10.3. The lowest BCUT2D eigenvalue weighted by molar-refractivity contribution is 0.125. The molecule has 0 aliphatic carbocycles. The van der Waals surface area contributed by atoms with E-state index in [1.165, 1.54) is 6.07 Å². The van der Waals surface area contributed by atoms with Crippen LogP contribution in [0, 0.1) is 0 Å². The molecule has 0 spiro atoms. The van der Waals surface area contributed by atoms with Crippen LogP contribution in [0.1, 0.15) is 20.8 Å². The highest BCUT2D eigenvalue weighted by Crippen LogP contribution is 2.26. The third-order valence-corrected chi connectivity index (χ3v) is 3.94. The molecule has 0 fully saturated rings. The van der Waals surface area contributed by atoms with Gasteiger partial charge in [-0.3, -0.25) is 0 Å². The van der Waals surface area contributed by atoms with E-state index in [0.29, 0.717) is 0 Å². The van der Waals surface area contributed by atoms with Crippen molar-refractivity contribution in [2.45, 2.75) is 30.6 Å². The van der Waals surface area contributed by atoms with Crippen LogP contribution in [0.15, 0.2) is 10.3 Å². The second-order valence-corrected chi connectivity index (χ2v) is 7.23. The Bertz CT molecular complexity index is 418. The van der Waals surface area contributed by atoms with Gasteiger partial charge in [-0.25, -0.2) is 8.42 Å². The monoisotopic (exact) mass is 255 g/mol. The predicted octanol–water partition coefficient (Wildman–Crippen LogP) is 2.25. The van der Waals surface area contributed by atoms with Crippen LogP contribution < -0.4 is 4.74 Å². The van der Waals surface area contributed by atoms with Gasteiger partial charge in [0.15, 0.2) is 4.21 Å². The van der Waals surface area contributed by atoms with Gasteiger partial charge in [0, 0.05) is 16.7 Å². The zero-order chi connectivity index (χ0) is 11.0. The normalized spacial score (nSPS) is 12.9. The van der Waals surface area contributed by atoms with E-state index in [4.69, 9.17) is 15.4 Å². The molecule has 14 heavy (non-hydrogen) atoms. The molecule has 0 aliphatic heterocycles. The van der Waals surface area contributed by atoms with Crippen LogP contribution in [0.5, 0.6) is 5.88 Å². The summed E-state index contributed by atoms with van der Waals surface area (Å²) in [5.74, 6) is 0.279. The molecule has 0 N–H and O–H groups in total. The Morgan fingerprint density at radius 3 is 2.43 bits per heavy atom. The van der Waals surface area contributed by atoms with Gasteiger partial charge in [0.25, 0.3) is 9.05 Å². The van der Waals surface area contributed by atoms with E-state index >= 15 is 0 Å². The Kier molecular flexibility index (Phi) is 3.08. The summed E-state index contributed by atoms with van der Waals surface area (Å²) in [7, 11) is 1.44. The summed E-state index contributed by atoms with van der Waals surface area (Å²) in [4.78, 5) is 0. The third kappa shape index (κ3) is 3.43. The van der Waals surface area contributed by atoms with Crippen molar-refractivity contribution in [1.82, 2.24) is 4.37 Å². The molecule has 1 rings (SSSR count). The molecule has 0 unspecified atom stereocenters. The van der Waals surface area contributed by atoms with Crippen LogP contribution in [-0.4, -0.2) is 18.4 Å². The number of ether oxygens (including phenoxy) is 1. The summed E-state index contributed by atoms with van der Waals surface area (Å²) in [6.45, 7) is 5.55. The van der Waals surface area contributed by atoms with Gasteiger partial charge in [-0.05, 0) is 32.3 Å². The second-order valence-electron chi connectivity index (χ2n) is 3.64. The first-order chi connectivity index (χ1) is 6.18. The standard InChI is InChI=1S/C7H10ClNO3S2/c1-7(2,3)12-5-4-6(13-9-5)14(8,10)11/h4H,1-3H3. The molecule has 4 nitrogen and oxygen atoms in total. The number of hydrogen-bond donors (Lipinski definition) is 0. The van der Waals surface area contributed by atoms with Crippen molar-refractivity contribution < 1.29 is 13.2 Å². The topological polar surface area (TPSA) is 56.3 Å². The summed E-state index contributed by atoms with van der Waals surface area (Å²) >= 11 is 0.802. The van der Waals surface area contributed by atoms with Crippen LogP contribution in [0.25, 0.3) is 0 Å². The molecular formula is C7H10ClNO3S2. The van der Waals surface area contributed by atoms with Crippen molar-refractivity contribution in [2.24, 2.45) is 0 Å². The van der Waals surface area contributed by atoms with Gasteiger partial charge in [-0.2, -0.15) is 4.37 Å². The van der Waals surface area contributed by atoms with E-state index in [0.717, 1.165) is 11.5 Å². The molecule has 0 saturated heterocycles. The first-order valence-electron chi connectivity index (χ1n) is 3.79. The van der Waals surface area contributed by atoms with Gasteiger partial charge in [-0.1, -0.05) is 0 Å². The number of halogens is 1. The summed E-state index contributed by atoms with van der Waals surface area (Å²) in [5, 5.41) is 0. The molecule has 0 amide bonds. The third-order valence-electron chi connectivity index (χ3n) is 1.12. The molecule has 0 radical (unpaired) electrons. The van der Waals surface area contributed by atoms with Crippen LogP contribution in [-0.2, 0) is 9.05 Å². The lowest BCUT2D eigenvalue weighted by atomic mass is 10.2. The number of nitrogens with zero attached hydrogens (tertiary/aromatic N) is 1. The average molecular weight is 256 g/mol. The molecule has 0 atom stereocenters. The molecular weight excluding hydrogens is 246 g/mol. The van der Waals surface area contributed by atoms with E-state index in [-0.39, 0.29) is 10.1 Å². The Balaban J connectivity index is 2.90. The highest BCUT2D eigenvalue weighted by molar-refractivity contribution is 8.15. The maximum absolute atomic E-state index is 10.9. The SMILES string of the molecule is CC(C)(C)Oc1cc(S(=O)(=O)Cl)sn1. The zero-order valence-electron chi connectivity index (χ0n) is 7.94. The van der Waals surface area contributed by atoms with E-state index in [2.05, 4.69) is 4.37 Å². The second kappa shape index (κ2) is 3.67. The molecule has 1 aromatic rings. The largest absolute Gasteiger partial charge is 0.471 e. The number of rotatable bonds is 2. The van der Waals surface area contributed by atoms with Crippen molar-refractivity contribution in [3.05, 3.63) is 6.07 Å². The predicted molar refractivity (Wildman–Crippen MR) is 55.5 cm³/mol. The summed E-state index contributed by atoms with van der Waals surface area (Å²) in [6.07, 6.45) is 0. The minimum Gasteiger partial charge on any atom is -0.471 e. The van der Waals surface area contributed by atoms with Gasteiger partial charge >= 0.3 is 0 Å². The van der Waals surface area contributed by atoms with Crippen molar-refractivity contribution in [2.75, 3.05) is 0 Å². The lowest BCUT2D eigenvalue weighted by Gasteiger charge is -2.18. The minimum absolute atomic E-state index is 0.00147. The maximum Gasteiger partial charge on any atom is 0.272 e. The average Bonchev–Trinajstić information content (AvgIpc) is 2.29. The van der Waals surface area contributed by atoms with Gasteiger partial charge in [0.05, 0.1) is 0 Å². The molecule has 0 aromatic carbocycles. The van der Waals surface area contributed by atoms with E-state index in [1.54, 1.807) is 0 Å². The number of hydrogen-bond acceptors (Lipinski definition) is 5. The van der Waals surface area contributed by atoms with E-state index in [9.17, 15) is 8.42 Å². The highest BCUT2D eigenvalue weighted by Gasteiger charge is 2.18. The Hall–Kier alpha value is -0.330. The van der Waals surface area contributed by atoms with Crippen LogP contribution in [0.2, 0.25) is 0 Å². The summed E-state index contributed by atoms with van der Waals surface area (Å²) in [5.41, 5.74) is -0.401. The maximum atomic E-state index is 10.9. The van der Waals surface area contributed by atoms with Crippen LogP contribution in [0.3, 0.4) is 0 Å². The number of aromatic nitrogens is 1. The van der Waals surface area contributed by atoms with E-state index < -0.39 is 14.7 Å². The van der Waals surface area contributed by atoms with Crippen LogP contribution >= 0.6 is 22.2 Å². The van der Waals surface area contributed by atoms with Crippen molar-refractivity contribution in [3.63, 3.8) is 0 Å². The van der Waals surface area contributed by atoms with Crippen molar-refractivity contribution in [3.8, 4) is 5.88 Å². The minimum atomic E-state index is -3.69. The fraction of sp³-hybridized carbons (Fsp3) is 0.571. The first kappa shape index (κ1) is 11.7. The molecule has 1 aromatic heterocycles. The molecule has 1 heterocycles. The molecule has 80 valence electrons. The Morgan fingerprint density at radius 2 is 2.07 bits per heavy atom. The smallest absolute Gasteiger partial charge is 0.272 e. The quantitative estimate of drug-likeness (QED) is 0.761. The van der Waals surface area contributed by atoms with Gasteiger partial charge in [0.2, 0.25) is 5.88 Å². The van der Waals surface area contributed by atoms with Crippen molar-refractivity contribution in [1.29, 1.82) is 0 Å². The molecule has 0 aliphatic rings. The first-order valence-corrected chi connectivity index (χ1v) is 6.87. The fourth-order valence-corrected chi connectivity index (χ4v) is 2.24. The molecule has 0 bridgehead atoms. The summed E-state index contributed by atoms with van der Waals surface area (Å²) in [6, 6.07) is 1.32. The van der Waals surface area contributed by atoms with Crippen LogP contribution in [0.4, 0.5) is 0 Å². The Labute approximate surface area is 91.4 Å². The highest BCUT2D eigenvalue weighted by atomic mass is 35.7. The van der Waals surface area contributed by atoms with Crippen molar-refractivity contribution >= 4 is 31.3 Å². The summed E-state index contributed by atoms with van der Waals surface area (Å²) < 4.78 is 31.0. The van der Waals surface area contributed by atoms with Gasteiger partial charge in [-0.15, -0.1) is 0 Å². The van der Waals surface area contributed by atoms with E-state index in [1.807, 2.05) is 20.8 Å². The molecule has 7 heteroatoms. The van der Waals surface area contributed by atoms with Gasteiger partial charge in [0.1, 0.15) is 5.60 Å². The fourth-order valence-electron chi connectivity index (χ4n) is 0.720. The molecule has 0 saturated carbocycles.